The summed E-state index contributed by atoms with van der Waals surface area (Å²) < 4.78 is 0. The van der Waals surface area contributed by atoms with Gasteiger partial charge in [-0.3, -0.25) is 4.79 Å². The van der Waals surface area contributed by atoms with Crippen molar-refractivity contribution in [1.82, 2.24) is 4.90 Å². The van der Waals surface area contributed by atoms with Crippen molar-refractivity contribution in [3.05, 3.63) is 0 Å². The predicted molar refractivity (Wildman–Crippen MR) is 65.1 cm³/mol. The van der Waals surface area contributed by atoms with Gasteiger partial charge in [0.25, 0.3) is 0 Å². The molecular weight excluding hydrogens is 202 g/mol. The number of hydrogen-bond donors (Lipinski definition) is 1. The molecule has 1 heterocycles. The average molecular weight is 227 g/mol. The first-order valence-electron chi connectivity index (χ1n) is 6.10. The summed E-state index contributed by atoms with van der Waals surface area (Å²) in [6.45, 7) is 11.0. The fraction of sp³-hybridized carbons (Fsp3) is 0.923. The van der Waals surface area contributed by atoms with Gasteiger partial charge in [-0.1, -0.05) is 20.8 Å². The first-order valence-corrected chi connectivity index (χ1v) is 6.10. The van der Waals surface area contributed by atoms with Crippen molar-refractivity contribution in [3.8, 4) is 0 Å². The van der Waals surface area contributed by atoms with Gasteiger partial charge in [0.05, 0.1) is 6.10 Å². The highest BCUT2D eigenvalue weighted by Crippen LogP contribution is 2.30. The Morgan fingerprint density at radius 3 is 2.44 bits per heavy atom. The number of carbonyl (C=O) groups is 1. The molecular formula is C13H25NO2. The highest BCUT2D eigenvalue weighted by Gasteiger charge is 2.37. The second kappa shape index (κ2) is 4.36. The molecule has 1 atom stereocenters. The van der Waals surface area contributed by atoms with E-state index in [1.54, 1.807) is 0 Å². The third-order valence-corrected chi connectivity index (χ3v) is 3.13. The van der Waals surface area contributed by atoms with Crippen molar-refractivity contribution in [2.75, 3.05) is 6.54 Å². The van der Waals surface area contributed by atoms with Crippen LogP contribution in [-0.4, -0.2) is 34.1 Å². The van der Waals surface area contributed by atoms with Crippen LogP contribution in [0.5, 0.6) is 0 Å². The van der Waals surface area contributed by atoms with E-state index in [2.05, 4.69) is 20.8 Å². The first kappa shape index (κ1) is 13.5. The molecule has 0 radical (unpaired) electrons. The summed E-state index contributed by atoms with van der Waals surface area (Å²) in [4.78, 5) is 14.1. The van der Waals surface area contributed by atoms with Gasteiger partial charge in [0.15, 0.2) is 0 Å². The highest BCUT2D eigenvalue weighted by molar-refractivity contribution is 5.77. The normalized spacial score (nSPS) is 25.6. The number of carbonyl (C=O) groups excluding carboxylic acids is 1. The minimum atomic E-state index is -0.256. The van der Waals surface area contributed by atoms with Gasteiger partial charge in [-0.15, -0.1) is 0 Å². The van der Waals surface area contributed by atoms with Crippen molar-refractivity contribution < 1.29 is 9.90 Å². The smallest absolute Gasteiger partial charge is 0.223 e. The van der Waals surface area contributed by atoms with Crippen LogP contribution in [0.25, 0.3) is 0 Å². The van der Waals surface area contributed by atoms with Gasteiger partial charge >= 0.3 is 0 Å². The topological polar surface area (TPSA) is 40.5 Å². The zero-order chi connectivity index (χ0) is 12.6. The minimum absolute atomic E-state index is 0.0310. The van der Waals surface area contributed by atoms with E-state index in [1.165, 1.54) is 0 Å². The summed E-state index contributed by atoms with van der Waals surface area (Å²) in [6.07, 6.45) is 1.71. The molecule has 1 amide bonds. The molecule has 0 aromatic rings. The second-order valence-electron chi connectivity index (χ2n) is 6.74. The van der Waals surface area contributed by atoms with E-state index >= 15 is 0 Å². The van der Waals surface area contributed by atoms with Gasteiger partial charge in [-0.05, 0) is 32.1 Å². The number of piperidine rings is 1. The molecule has 1 aliphatic heterocycles. The van der Waals surface area contributed by atoms with E-state index in [4.69, 9.17) is 0 Å². The number of rotatable bonds is 1. The van der Waals surface area contributed by atoms with Crippen LogP contribution in [0, 0.1) is 5.41 Å². The SMILES string of the molecule is CC(C)(C)CC(=O)N1CCC(O)CC1(C)C. The summed E-state index contributed by atoms with van der Waals surface area (Å²) in [7, 11) is 0. The summed E-state index contributed by atoms with van der Waals surface area (Å²) in [5.74, 6) is 0.212. The molecule has 0 aromatic heterocycles. The molecule has 0 saturated carbocycles. The summed E-state index contributed by atoms with van der Waals surface area (Å²) >= 11 is 0. The molecule has 1 aliphatic rings. The lowest BCUT2D eigenvalue weighted by atomic mass is 9.85. The van der Waals surface area contributed by atoms with Gasteiger partial charge in [0.2, 0.25) is 5.91 Å². The maximum absolute atomic E-state index is 12.2. The van der Waals surface area contributed by atoms with Crippen molar-refractivity contribution in [2.24, 2.45) is 5.41 Å². The molecule has 1 fully saturated rings. The molecule has 1 saturated heterocycles. The standard InChI is InChI=1S/C13H25NO2/c1-12(2,3)9-11(16)14-7-6-10(15)8-13(14,4)5/h10,15H,6-9H2,1-5H3. The molecule has 1 rings (SSSR count). The number of amides is 1. The number of nitrogens with zero attached hydrogens (tertiary/aromatic N) is 1. The second-order valence-corrected chi connectivity index (χ2v) is 6.74. The van der Waals surface area contributed by atoms with Crippen molar-refractivity contribution in [2.45, 2.75) is 65.5 Å². The van der Waals surface area contributed by atoms with Crippen LogP contribution in [0.15, 0.2) is 0 Å². The molecule has 16 heavy (non-hydrogen) atoms. The van der Waals surface area contributed by atoms with Gasteiger partial charge in [0.1, 0.15) is 0 Å². The lowest BCUT2D eigenvalue weighted by Gasteiger charge is -2.45. The van der Waals surface area contributed by atoms with E-state index in [-0.39, 0.29) is 23.0 Å². The molecule has 0 aromatic carbocycles. The Morgan fingerprint density at radius 1 is 1.44 bits per heavy atom. The maximum Gasteiger partial charge on any atom is 0.223 e. The first-order chi connectivity index (χ1) is 7.12. The zero-order valence-electron chi connectivity index (χ0n) is 11.2. The molecule has 0 bridgehead atoms. The van der Waals surface area contributed by atoms with Crippen LogP contribution in [0.4, 0.5) is 0 Å². The Bertz CT molecular complexity index is 266. The van der Waals surface area contributed by atoms with Crippen molar-refractivity contribution >= 4 is 5.91 Å². The van der Waals surface area contributed by atoms with Gasteiger partial charge in [0, 0.05) is 18.5 Å². The lowest BCUT2D eigenvalue weighted by Crippen LogP contribution is -2.54. The van der Waals surface area contributed by atoms with Gasteiger partial charge < -0.3 is 10.0 Å². The molecule has 94 valence electrons. The maximum atomic E-state index is 12.2. The molecule has 1 unspecified atom stereocenters. The van der Waals surface area contributed by atoms with E-state index in [9.17, 15) is 9.90 Å². The van der Waals surface area contributed by atoms with Crippen LogP contribution >= 0.6 is 0 Å². The van der Waals surface area contributed by atoms with Crippen LogP contribution < -0.4 is 0 Å². The Hall–Kier alpha value is -0.570. The lowest BCUT2D eigenvalue weighted by molar-refractivity contribution is -0.143. The van der Waals surface area contributed by atoms with Crippen LogP contribution in [0.3, 0.4) is 0 Å². The van der Waals surface area contributed by atoms with E-state index in [0.29, 0.717) is 25.8 Å². The number of aliphatic hydroxyl groups excluding tert-OH is 1. The van der Waals surface area contributed by atoms with Gasteiger partial charge in [-0.2, -0.15) is 0 Å². The average Bonchev–Trinajstić information content (AvgIpc) is 1.97. The van der Waals surface area contributed by atoms with Gasteiger partial charge in [-0.25, -0.2) is 0 Å². The Balaban J connectivity index is 2.69. The minimum Gasteiger partial charge on any atom is -0.393 e. The van der Waals surface area contributed by atoms with Crippen LogP contribution in [0.1, 0.15) is 53.9 Å². The van der Waals surface area contributed by atoms with Crippen LogP contribution in [0.2, 0.25) is 0 Å². The quantitative estimate of drug-likeness (QED) is 0.746. The van der Waals surface area contributed by atoms with E-state index in [1.807, 2.05) is 18.7 Å². The fourth-order valence-corrected chi connectivity index (χ4v) is 2.38. The Labute approximate surface area is 98.8 Å². The third kappa shape index (κ3) is 3.48. The Kier molecular flexibility index (Phi) is 3.68. The fourth-order valence-electron chi connectivity index (χ4n) is 2.38. The summed E-state index contributed by atoms with van der Waals surface area (Å²) in [5.41, 5.74) is -0.177. The molecule has 3 heteroatoms. The number of aliphatic hydroxyl groups is 1. The molecule has 3 nitrogen and oxygen atoms in total. The predicted octanol–water partition coefficient (Wildman–Crippen LogP) is 2.18. The highest BCUT2D eigenvalue weighted by atomic mass is 16.3. The van der Waals surface area contributed by atoms with Crippen LogP contribution in [-0.2, 0) is 4.79 Å². The summed E-state index contributed by atoms with van der Waals surface area (Å²) in [5, 5.41) is 9.64. The number of likely N-dealkylation sites (tertiary alicyclic amines) is 1. The largest absolute Gasteiger partial charge is 0.393 e. The summed E-state index contributed by atoms with van der Waals surface area (Å²) in [6, 6.07) is 0. The Morgan fingerprint density at radius 2 is 2.00 bits per heavy atom. The van der Waals surface area contributed by atoms with Crippen molar-refractivity contribution in [3.63, 3.8) is 0 Å². The van der Waals surface area contributed by atoms with Crippen molar-refractivity contribution in [1.29, 1.82) is 0 Å². The molecule has 1 N–H and O–H groups in total. The van der Waals surface area contributed by atoms with E-state index < -0.39 is 0 Å². The molecule has 0 aliphatic carbocycles. The molecule has 0 spiro atoms. The third-order valence-electron chi connectivity index (χ3n) is 3.13. The van der Waals surface area contributed by atoms with E-state index in [0.717, 1.165) is 0 Å². The monoisotopic (exact) mass is 227 g/mol. The number of hydrogen-bond acceptors (Lipinski definition) is 2. The zero-order valence-corrected chi connectivity index (χ0v) is 11.2.